The van der Waals surface area contributed by atoms with Crippen LogP contribution in [0.5, 0.6) is 0 Å². The summed E-state index contributed by atoms with van der Waals surface area (Å²) in [4.78, 5) is 3.92. The van der Waals surface area contributed by atoms with E-state index in [9.17, 15) is 0 Å². The van der Waals surface area contributed by atoms with Gasteiger partial charge in [-0.25, -0.2) is 0 Å². The van der Waals surface area contributed by atoms with Gasteiger partial charge in [0.1, 0.15) is 0 Å². The Morgan fingerprint density at radius 1 is 1.60 bits per heavy atom. The molecule has 0 aliphatic carbocycles. The normalized spacial score (nSPS) is 9.30. The van der Waals surface area contributed by atoms with Crippen molar-refractivity contribution < 1.29 is 0 Å². The molecule has 0 bridgehead atoms. The zero-order valence-corrected chi connectivity index (χ0v) is 6.93. The molecule has 52 valence electrons. The van der Waals surface area contributed by atoms with Gasteiger partial charge in [0.05, 0.1) is 0 Å². The van der Waals surface area contributed by atoms with Gasteiger partial charge in [-0.15, -0.1) is 0 Å². The lowest BCUT2D eigenvalue weighted by Gasteiger charge is -1.97. The maximum Gasteiger partial charge on any atom is 0.0410 e. The SMILES string of the molecule is C=C(N)c1cncc(Br)c1. The summed E-state index contributed by atoms with van der Waals surface area (Å²) in [6.45, 7) is 3.58. The van der Waals surface area contributed by atoms with Crippen LogP contribution in [0.25, 0.3) is 5.70 Å². The van der Waals surface area contributed by atoms with E-state index >= 15 is 0 Å². The molecule has 2 N–H and O–H groups in total. The largest absolute Gasteiger partial charge is 0.399 e. The number of rotatable bonds is 1. The van der Waals surface area contributed by atoms with Crippen molar-refractivity contribution in [2.24, 2.45) is 5.73 Å². The second kappa shape index (κ2) is 2.84. The smallest absolute Gasteiger partial charge is 0.0410 e. The van der Waals surface area contributed by atoms with Crippen LogP contribution < -0.4 is 5.73 Å². The molecule has 10 heavy (non-hydrogen) atoms. The van der Waals surface area contributed by atoms with Crippen LogP contribution in [0, 0.1) is 0 Å². The third kappa shape index (κ3) is 1.57. The fraction of sp³-hybridized carbons (Fsp3) is 0. The van der Waals surface area contributed by atoms with Gasteiger partial charge in [-0.05, 0) is 22.0 Å². The number of pyridine rings is 1. The number of hydrogen-bond acceptors (Lipinski definition) is 2. The standard InChI is InChI=1S/C7H7BrN2/c1-5(9)6-2-7(8)4-10-3-6/h2-4H,1,9H2. The molecule has 1 rings (SSSR count). The first-order valence-corrected chi connectivity index (χ1v) is 3.55. The van der Waals surface area contributed by atoms with Gasteiger partial charge in [0, 0.05) is 28.1 Å². The van der Waals surface area contributed by atoms with E-state index in [0.29, 0.717) is 5.70 Å². The Hall–Kier alpha value is -0.830. The molecule has 0 saturated heterocycles. The van der Waals surface area contributed by atoms with Crippen LogP contribution in [0.1, 0.15) is 5.56 Å². The predicted molar refractivity (Wildman–Crippen MR) is 45.2 cm³/mol. The maximum absolute atomic E-state index is 5.43. The van der Waals surface area contributed by atoms with E-state index in [0.717, 1.165) is 10.0 Å². The fourth-order valence-electron chi connectivity index (χ4n) is 0.587. The first kappa shape index (κ1) is 7.28. The van der Waals surface area contributed by atoms with Gasteiger partial charge in [-0.3, -0.25) is 4.98 Å². The number of hydrogen-bond donors (Lipinski definition) is 1. The third-order valence-electron chi connectivity index (χ3n) is 1.08. The Balaban J connectivity index is 3.07. The minimum Gasteiger partial charge on any atom is -0.399 e. The second-order valence-corrected chi connectivity index (χ2v) is 2.83. The number of nitrogens with zero attached hydrogens (tertiary/aromatic N) is 1. The maximum atomic E-state index is 5.43. The van der Waals surface area contributed by atoms with Crippen LogP contribution in [0.4, 0.5) is 0 Å². The summed E-state index contributed by atoms with van der Waals surface area (Å²) in [6, 6.07) is 1.87. The summed E-state index contributed by atoms with van der Waals surface area (Å²) in [5, 5.41) is 0. The van der Waals surface area contributed by atoms with Gasteiger partial charge < -0.3 is 5.73 Å². The third-order valence-corrected chi connectivity index (χ3v) is 1.51. The van der Waals surface area contributed by atoms with Crippen LogP contribution in [0.15, 0.2) is 29.5 Å². The molecular formula is C7H7BrN2. The van der Waals surface area contributed by atoms with E-state index in [4.69, 9.17) is 5.73 Å². The molecule has 0 spiro atoms. The molecule has 0 saturated carbocycles. The van der Waals surface area contributed by atoms with Gasteiger partial charge in [-0.2, -0.15) is 0 Å². The van der Waals surface area contributed by atoms with Gasteiger partial charge in [0.15, 0.2) is 0 Å². The topological polar surface area (TPSA) is 38.9 Å². The van der Waals surface area contributed by atoms with Crippen LogP contribution in [-0.4, -0.2) is 4.98 Å². The lowest BCUT2D eigenvalue weighted by molar-refractivity contribution is 1.28. The molecule has 3 heteroatoms. The van der Waals surface area contributed by atoms with Crippen molar-refractivity contribution in [3.8, 4) is 0 Å². The summed E-state index contributed by atoms with van der Waals surface area (Å²) >= 11 is 3.27. The first-order valence-electron chi connectivity index (χ1n) is 2.75. The molecule has 2 nitrogen and oxygen atoms in total. The van der Waals surface area contributed by atoms with E-state index in [2.05, 4.69) is 27.5 Å². The zero-order valence-electron chi connectivity index (χ0n) is 5.34. The van der Waals surface area contributed by atoms with E-state index in [-0.39, 0.29) is 0 Å². The monoisotopic (exact) mass is 198 g/mol. The number of halogens is 1. The van der Waals surface area contributed by atoms with Gasteiger partial charge in [0.2, 0.25) is 0 Å². The Labute approximate surface area is 67.9 Å². The van der Waals surface area contributed by atoms with E-state index in [1.165, 1.54) is 0 Å². The fourth-order valence-corrected chi connectivity index (χ4v) is 0.952. The molecule has 0 aliphatic heterocycles. The highest BCUT2D eigenvalue weighted by Crippen LogP contribution is 2.12. The second-order valence-electron chi connectivity index (χ2n) is 1.92. The van der Waals surface area contributed by atoms with Crippen molar-refractivity contribution in [3.05, 3.63) is 35.1 Å². The van der Waals surface area contributed by atoms with E-state index in [1.54, 1.807) is 12.4 Å². The molecule has 0 aliphatic rings. The Morgan fingerprint density at radius 3 is 2.70 bits per heavy atom. The Kier molecular flexibility index (Phi) is 2.06. The van der Waals surface area contributed by atoms with Crippen molar-refractivity contribution in [3.63, 3.8) is 0 Å². The van der Waals surface area contributed by atoms with Gasteiger partial charge in [0.25, 0.3) is 0 Å². The summed E-state index contributed by atoms with van der Waals surface area (Å²) in [7, 11) is 0. The Morgan fingerprint density at radius 2 is 2.30 bits per heavy atom. The lowest BCUT2D eigenvalue weighted by atomic mass is 10.2. The quantitative estimate of drug-likeness (QED) is 0.748. The summed E-state index contributed by atoms with van der Waals surface area (Å²) in [5.74, 6) is 0. The predicted octanol–water partition coefficient (Wildman–Crippen LogP) is 1.77. The first-order chi connectivity index (χ1) is 4.70. The van der Waals surface area contributed by atoms with Crippen molar-refractivity contribution in [1.29, 1.82) is 0 Å². The molecule has 1 aromatic rings. The average Bonchev–Trinajstić information content (AvgIpc) is 1.88. The molecule has 0 fully saturated rings. The number of nitrogens with two attached hydrogens (primary N) is 1. The Bertz CT molecular complexity index is 258. The van der Waals surface area contributed by atoms with Gasteiger partial charge in [-0.1, -0.05) is 6.58 Å². The van der Waals surface area contributed by atoms with Crippen molar-refractivity contribution in [1.82, 2.24) is 4.98 Å². The van der Waals surface area contributed by atoms with Gasteiger partial charge >= 0.3 is 0 Å². The van der Waals surface area contributed by atoms with Crippen molar-refractivity contribution >= 4 is 21.6 Å². The highest BCUT2D eigenvalue weighted by Gasteiger charge is 1.93. The highest BCUT2D eigenvalue weighted by molar-refractivity contribution is 9.10. The minimum atomic E-state index is 0.536. The lowest BCUT2D eigenvalue weighted by Crippen LogP contribution is -1.93. The van der Waals surface area contributed by atoms with Crippen LogP contribution >= 0.6 is 15.9 Å². The van der Waals surface area contributed by atoms with Crippen LogP contribution in [-0.2, 0) is 0 Å². The molecule has 0 aromatic carbocycles. The molecule has 0 radical (unpaired) electrons. The van der Waals surface area contributed by atoms with E-state index < -0.39 is 0 Å². The molecule has 0 atom stereocenters. The zero-order chi connectivity index (χ0) is 7.56. The summed E-state index contributed by atoms with van der Waals surface area (Å²) < 4.78 is 0.914. The van der Waals surface area contributed by atoms with Crippen molar-refractivity contribution in [2.75, 3.05) is 0 Å². The summed E-state index contributed by atoms with van der Waals surface area (Å²) in [5.41, 5.74) is 6.82. The summed E-state index contributed by atoms with van der Waals surface area (Å²) in [6.07, 6.45) is 3.37. The van der Waals surface area contributed by atoms with Crippen molar-refractivity contribution in [2.45, 2.75) is 0 Å². The minimum absolute atomic E-state index is 0.536. The molecule has 1 heterocycles. The molecular weight excluding hydrogens is 192 g/mol. The van der Waals surface area contributed by atoms with E-state index in [1.807, 2.05) is 6.07 Å². The van der Waals surface area contributed by atoms with Crippen LogP contribution in [0.2, 0.25) is 0 Å². The molecule has 0 unspecified atom stereocenters. The molecule has 1 aromatic heterocycles. The number of aromatic nitrogens is 1. The highest BCUT2D eigenvalue weighted by atomic mass is 79.9. The average molecular weight is 199 g/mol. The molecule has 0 amide bonds. The van der Waals surface area contributed by atoms with Crippen LogP contribution in [0.3, 0.4) is 0 Å².